The summed E-state index contributed by atoms with van der Waals surface area (Å²) in [5.41, 5.74) is 9.24. The molecule has 3 N–H and O–H groups in total. The van der Waals surface area contributed by atoms with E-state index in [1.165, 1.54) is 24.7 Å². The van der Waals surface area contributed by atoms with Gasteiger partial charge in [0.2, 0.25) is 0 Å². The first-order valence-electron chi connectivity index (χ1n) is 8.27. The van der Waals surface area contributed by atoms with E-state index in [9.17, 15) is 4.39 Å². The van der Waals surface area contributed by atoms with E-state index in [2.05, 4.69) is 35.2 Å². The third kappa shape index (κ3) is 4.16. The second kappa shape index (κ2) is 8.86. The van der Waals surface area contributed by atoms with Crippen LogP contribution in [0.4, 0.5) is 4.39 Å². The molecule has 0 spiro atoms. The van der Waals surface area contributed by atoms with E-state index >= 15 is 0 Å². The second-order valence-corrected chi connectivity index (χ2v) is 6.59. The van der Waals surface area contributed by atoms with Crippen molar-refractivity contribution in [3.05, 3.63) is 95.2 Å². The van der Waals surface area contributed by atoms with Gasteiger partial charge in [-0.15, -0.1) is 12.6 Å². The van der Waals surface area contributed by atoms with Gasteiger partial charge in [-0.25, -0.2) is 14.4 Å². The second-order valence-electron chi connectivity index (χ2n) is 5.81. The van der Waals surface area contributed by atoms with E-state index in [1.54, 1.807) is 29.7 Å². The van der Waals surface area contributed by atoms with Gasteiger partial charge in [-0.1, -0.05) is 12.1 Å². The Morgan fingerprint density at radius 2 is 1.79 bits per heavy atom. The molecule has 1 heterocycles. The van der Waals surface area contributed by atoms with Gasteiger partial charge in [-0.3, -0.25) is 5.41 Å². The number of nitrogens with zero attached hydrogens (tertiary/aromatic N) is 2. The number of hydrogen-bond acceptors (Lipinski definition) is 6. The minimum Gasteiger partial charge on any atom is -0.404 e. The Balaban J connectivity index is 2.09. The van der Waals surface area contributed by atoms with Gasteiger partial charge in [0.1, 0.15) is 12.1 Å². The Hall–Kier alpha value is -2.90. The largest absolute Gasteiger partial charge is 0.404 e. The molecule has 2 aromatic carbocycles. The predicted molar refractivity (Wildman–Crippen MR) is 120 cm³/mol. The molecular formula is C21H17FN4S2. The van der Waals surface area contributed by atoms with Gasteiger partial charge in [0.15, 0.2) is 0 Å². The van der Waals surface area contributed by atoms with Crippen molar-refractivity contribution in [2.24, 2.45) is 5.73 Å². The molecule has 0 saturated carbocycles. The Morgan fingerprint density at radius 3 is 2.46 bits per heavy atom. The van der Waals surface area contributed by atoms with Gasteiger partial charge in [0, 0.05) is 27.6 Å². The van der Waals surface area contributed by atoms with Crippen molar-refractivity contribution < 1.29 is 4.39 Å². The highest BCUT2D eigenvalue weighted by atomic mass is 32.1. The van der Waals surface area contributed by atoms with E-state index in [-0.39, 0.29) is 11.5 Å². The molecule has 0 fully saturated rings. The number of allylic oxidation sites excluding steroid dienone is 3. The molecule has 0 saturated heterocycles. The monoisotopic (exact) mass is 408 g/mol. The molecule has 0 radical (unpaired) electrons. The highest BCUT2D eigenvalue weighted by molar-refractivity contribution is 7.90. The Morgan fingerprint density at radius 1 is 1.07 bits per heavy atom. The Labute approximate surface area is 173 Å². The summed E-state index contributed by atoms with van der Waals surface area (Å²) in [6.07, 6.45) is 6.38. The van der Waals surface area contributed by atoms with Crippen LogP contribution < -0.4 is 5.73 Å². The highest BCUT2D eigenvalue weighted by Crippen LogP contribution is 2.28. The highest BCUT2D eigenvalue weighted by Gasteiger charge is 2.13. The normalized spacial score (nSPS) is 12.7. The van der Waals surface area contributed by atoms with Gasteiger partial charge in [0.05, 0.1) is 16.9 Å². The van der Waals surface area contributed by atoms with Crippen LogP contribution in [0.25, 0.3) is 21.4 Å². The van der Waals surface area contributed by atoms with Crippen molar-refractivity contribution in [2.45, 2.75) is 0 Å². The van der Waals surface area contributed by atoms with Crippen molar-refractivity contribution in [2.75, 3.05) is 0 Å². The van der Waals surface area contributed by atoms with Gasteiger partial charge in [-0.05, 0) is 53.4 Å². The smallest absolute Gasteiger partial charge is 0.123 e. The fourth-order valence-electron chi connectivity index (χ4n) is 2.74. The molecule has 0 amide bonds. The number of benzene rings is 2. The van der Waals surface area contributed by atoms with Gasteiger partial charge >= 0.3 is 0 Å². The van der Waals surface area contributed by atoms with Crippen LogP contribution in [0.1, 0.15) is 16.8 Å². The minimum absolute atomic E-state index is 0.194. The molecular weight excluding hydrogens is 391 g/mol. The van der Waals surface area contributed by atoms with Crippen molar-refractivity contribution >= 4 is 52.4 Å². The van der Waals surface area contributed by atoms with Crippen LogP contribution in [0.15, 0.2) is 72.6 Å². The lowest BCUT2D eigenvalue weighted by molar-refractivity contribution is 0.628. The molecule has 140 valence electrons. The lowest BCUT2D eigenvalue weighted by Gasteiger charge is -2.12. The van der Waals surface area contributed by atoms with Crippen LogP contribution >= 0.6 is 25.3 Å². The number of hydrogen-bond donors (Lipinski definition) is 4. The Bertz CT molecular complexity index is 1120. The molecule has 0 aliphatic carbocycles. The molecule has 3 rings (SSSR count). The third-order valence-corrected chi connectivity index (χ3v) is 4.63. The first kappa shape index (κ1) is 19.9. The SMILES string of the molecule is N=C(/C(=C\N)c1ccc2ncnc(/C(S)=C/C=C/S)c2c1)c1ccc(F)cc1. The van der Waals surface area contributed by atoms with Gasteiger partial charge in [-0.2, -0.15) is 12.6 Å². The molecule has 0 bridgehead atoms. The summed E-state index contributed by atoms with van der Waals surface area (Å²) in [5.74, 6) is -0.356. The average molecular weight is 409 g/mol. The zero-order chi connectivity index (χ0) is 20.1. The lowest BCUT2D eigenvalue weighted by atomic mass is 9.95. The number of halogens is 1. The minimum atomic E-state index is -0.356. The van der Waals surface area contributed by atoms with Crippen molar-refractivity contribution in [1.29, 1.82) is 5.41 Å². The van der Waals surface area contributed by atoms with Gasteiger partial charge in [0.25, 0.3) is 0 Å². The topological polar surface area (TPSA) is 75.7 Å². The van der Waals surface area contributed by atoms with Crippen LogP contribution in [0.3, 0.4) is 0 Å². The number of nitrogens with two attached hydrogens (primary N) is 1. The summed E-state index contributed by atoms with van der Waals surface area (Å²) < 4.78 is 13.2. The first-order chi connectivity index (χ1) is 13.5. The lowest BCUT2D eigenvalue weighted by Crippen LogP contribution is -2.05. The first-order valence-corrected chi connectivity index (χ1v) is 9.23. The number of aromatic nitrogens is 2. The Kier molecular flexibility index (Phi) is 6.28. The average Bonchev–Trinajstić information content (AvgIpc) is 2.72. The maximum Gasteiger partial charge on any atom is 0.123 e. The van der Waals surface area contributed by atoms with E-state index in [0.29, 0.717) is 21.7 Å². The summed E-state index contributed by atoms with van der Waals surface area (Å²) in [6, 6.07) is 11.3. The molecule has 7 heteroatoms. The number of nitrogens with one attached hydrogen (secondary N) is 1. The van der Waals surface area contributed by atoms with Crippen LogP contribution in [0.2, 0.25) is 0 Å². The molecule has 3 aromatic rings. The quantitative estimate of drug-likeness (QED) is 0.277. The molecule has 28 heavy (non-hydrogen) atoms. The molecule has 4 nitrogen and oxygen atoms in total. The molecule has 0 unspecified atom stereocenters. The molecule has 0 atom stereocenters. The standard InChI is InChI=1S/C21H17FN4S2/c22-15-6-3-13(4-7-15)20(24)17(11-23)14-5-8-18-16(10-14)21(26-12-25-18)19(28)2-1-9-27/h1-12,24,27-28H,23H2/b9-1+,17-11-,19-2-,24-20?. The summed E-state index contributed by atoms with van der Waals surface area (Å²) >= 11 is 8.55. The summed E-state index contributed by atoms with van der Waals surface area (Å²) in [5, 5.41) is 10.9. The van der Waals surface area contributed by atoms with E-state index in [1.807, 2.05) is 18.2 Å². The maximum atomic E-state index is 13.2. The van der Waals surface area contributed by atoms with Crippen LogP contribution in [-0.2, 0) is 0 Å². The van der Waals surface area contributed by atoms with E-state index in [0.717, 1.165) is 16.5 Å². The summed E-state index contributed by atoms with van der Waals surface area (Å²) in [6.45, 7) is 0. The predicted octanol–water partition coefficient (Wildman–Crippen LogP) is 4.85. The van der Waals surface area contributed by atoms with Crippen LogP contribution in [0, 0.1) is 11.2 Å². The van der Waals surface area contributed by atoms with E-state index in [4.69, 9.17) is 11.1 Å². The summed E-state index contributed by atoms with van der Waals surface area (Å²) in [4.78, 5) is 9.28. The molecule has 0 aliphatic rings. The third-order valence-electron chi connectivity index (χ3n) is 4.10. The number of thiol groups is 2. The summed E-state index contributed by atoms with van der Waals surface area (Å²) in [7, 11) is 0. The zero-order valence-electron chi connectivity index (χ0n) is 14.7. The fourth-order valence-corrected chi connectivity index (χ4v) is 3.09. The van der Waals surface area contributed by atoms with Crippen LogP contribution in [0.5, 0.6) is 0 Å². The van der Waals surface area contributed by atoms with Crippen molar-refractivity contribution in [3.8, 4) is 0 Å². The molecule has 1 aromatic heterocycles. The van der Waals surface area contributed by atoms with Crippen molar-refractivity contribution in [3.63, 3.8) is 0 Å². The fraction of sp³-hybridized carbons (Fsp3) is 0. The number of fused-ring (bicyclic) bond motifs is 1. The van der Waals surface area contributed by atoms with Gasteiger partial charge < -0.3 is 5.73 Å². The zero-order valence-corrected chi connectivity index (χ0v) is 16.5. The molecule has 0 aliphatic heterocycles. The van der Waals surface area contributed by atoms with Crippen LogP contribution in [-0.4, -0.2) is 15.7 Å². The van der Waals surface area contributed by atoms with Crippen molar-refractivity contribution in [1.82, 2.24) is 9.97 Å². The maximum absolute atomic E-state index is 13.2. The number of rotatable bonds is 5. The van der Waals surface area contributed by atoms with E-state index < -0.39 is 0 Å².